The van der Waals surface area contributed by atoms with Crippen LogP contribution in [-0.2, 0) is 0 Å². The van der Waals surface area contributed by atoms with Gasteiger partial charge in [0.05, 0.1) is 5.60 Å². The number of hydrogen-bond donors (Lipinski definition) is 2. The van der Waals surface area contributed by atoms with Crippen molar-refractivity contribution in [2.45, 2.75) is 50.5 Å². The van der Waals surface area contributed by atoms with Gasteiger partial charge in [-0.3, -0.25) is 0 Å². The third kappa shape index (κ3) is 2.96. The van der Waals surface area contributed by atoms with Gasteiger partial charge in [0.15, 0.2) is 0 Å². The lowest BCUT2D eigenvalue weighted by molar-refractivity contribution is 0.0478. The molecular formula is C11H21NO. The Morgan fingerprint density at radius 2 is 1.92 bits per heavy atom. The van der Waals surface area contributed by atoms with Crippen molar-refractivity contribution in [3.8, 4) is 0 Å². The molecule has 0 heterocycles. The Balaban J connectivity index is 1.55. The average molecular weight is 183 g/mol. The van der Waals surface area contributed by atoms with Crippen LogP contribution in [0.25, 0.3) is 0 Å². The van der Waals surface area contributed by atoms with Gasteiger partial charge in [0.25, 0.3) is 0 Å². The van der Waals surface area contributed by atoms with Crippen LogP contribution in [0.3, 0.4) is 0 Å². The molecule has 0 aromatic heterocycles. The zero-order valence-corrected chi connectivity index (χ0v) is 8.39. The van der Waals surface area contributed by atoms with Gasteiger partial charge < -0.3 is 10.4 Å². The third-order valence-electron chi connectivity index (χ3n) is 3.41. The summed E-state index contributed by atoms with van der Waals surface area (Å²) in [5.41, 5.74) is -0.358. The summed E-state index contributed by atoms with van der Waals surface area (Å²) >= 11 is 0. The van der Waals surface area contributed by atoms with E-state index in [4.69, 9.17) is 0 Å². The van der Waals surface area contributed by atoms with E-state index >= 15 is 0 Å². The van der Waals surface area contributed by atoms with E-state index in [1.807, 2.05) is 0 Å². The smallest absolute Gasteiger partial charge is 0.0771 e. The van der Waals surface area contributed by atoms with Crippen molar-refractivity contribution in [1.29, 1.82) is 0 Å². The molecule has 0 saturated heterocycles. The van der Waals surface area contributed by atoms with Crippen molar-refractivity contribution in [2.24, 2.45) is 5.92 Å². The van der Waals surface area contributed by atoms with E-state index in [1.54, 1.807) is 0 Å². The summed E-state index contributed by atoms with van der Waals surface area (Å²) in [6, 6.07) is 0. The fraction of sp³-hybridized carbons (Fsp3) is 1.00. The predicted octanol–water partition coefficient (Wildman–Crippen LogP) is 1.68. The van der Waals surface area contributed by atoms with Crippen LogP contribution in [0.5, 0.6) is 0 Å². The minimum atomic E-state index is -0.358. The number of hydrogen-bond acceptors (Lipinski definition) is 2. The Kier molecular flexibility index (Phi) is 2.89. The average Bonchev–Trinajstić information content (AvgIpc) is 2.84. The molecule has 2 aliphatic rings. The summed E-state index contributed by atoms with van der Waals surface area (Å²) < 4.78 is 0. The molecule has 0 radical (unpaired) electrons. The molecule has 2 N–H and O–H groups in total. The van der Waals surface area contributed by atoms with Crippen LogP contribution in [-0.4, -0.2) is 23.8 Å². The van der Waals surface area contributed by atoms with E-state index in [0.717, 1.165) is 31.8 Å². The standard InChI is InChI=1S/C11H21NO/c13-11(6-1-2-7-11)9-12-8-5-10-3-4-10/h10,12-13H,1-9H2. The van der Waals surface area contributed by atoms with Gasteiger partial charge in [-0.2, -0.15) is 0 Å². The van der Waals surface area contributed by atoms with E-state index in [2.05, 4.69) is 5.32 Å². The lowest BCUT2D eigenvalue weighted by atomic mass is 10.0. The second kappa shape index (κ2) is 3.97. The van der Waals surface area contributed by atoms with Crippen LogP contribution < -0.4 is 5.32 Å². The summed E-state index contributed by atoms with van der Waals surface area (Å²) in [6.07, 6.45) is 8.61. The molecule has 0 aromatic rings. The summed E-state index contributed by atoms with van der Waals surface area (Å²) in [5, 5.41) is 13.4. The summed E-state index contributed by atoms with van der Waals surface area (Å²) in [4.78, 5) is 0. The van der Waals surface area contributed by atoms with E-state index in [1.165, 1.54) is 32.1 Å². The maximum Gasteiger partial charge on any atom is 0.0771 e. The zero-order valence-electron chi connectivity index (χ0n) is 8.39. The van der Waals surface area contributed by atoms with Crippen molar-refractivity contribution >= 4 is 0 Å². The van der Waals surface area contributed by atoms with Crippen molar-refractivity contribution in [1.82, 2.24) is 5.32 Å². The van der Waals surface area contributed by atoms with Crippen LogP contribution in [0.4, 0.5) is 0 Å². The van der Waals surface area contributed by atoms with E-state index in [-0.39, 0.29) is 5.60 Å². The topological polar surface area (TPSA) is 32.3 Å². The van der Waals surface area contributed by atoms with Gasteiger partial charge >= 0.3 is 0 Å². The Morgan fingerprint density at radius 3 is 2.54 bits per heavy atom. The molecule has 2 saturated carbocycles. The predicted molar refractivity (Wildman–Crippen MR) is 53.6 cm³/mol. The number of rotatable bonds is 5. The lowest BCUT2D eigenvalue weighted by Crippen LogP contribution is -2.38. The molecule has 2 fully saturated rings. The van der Waals surface area contributed by atoms with Gasteiger partial charge in [0, 0.05) is 6.54 Å². The minimum Gasteiger partial charge on any atom is -0.389 e. The molecule has 13 heavy (non-hydrogen) atoms. The lowest BCUT2D eigenvalue weighted by Gasteiger charge is -2.22. The normalized spacial score (nSPS) is 26.5. The summed E-state index contributed by atoms with van der Waals surface area (Å²) in [7, 11) is 0. The Bertz CT molecular complexity index is 159. The molecule has 0 bridgehead atoms. The quantitative estimate of drug-likeness (QED) is 0.636. The van der Waals surface area contributed by atoms with E-state index in [9.17, 15) is 5.11 Å². The second-order valence-corrected chi connectivity index (χ2v) is 4.84. The Morgan fingerprint density at radius 1 is 1.23 bits per heavy atom. The van der Waals surface area contributed by atoms with Gasteiger partial charge in [0.1, 0.15) is 0 Å². The first kappa shape index (κ1) is 9.47. The highest BCUT2D eigenvalue weighted by Gasteiger charge is 2.30. The summed E-state index contributed by atoms with van der Waals surface area (Å²) in [5.74, 6) is 1.01. The zero-order chi connectivity index (χ0) is 9.15. The highest BCUT2D eigenvalue weighted by molar-refractivity contribution is 4.86. The van der Waals surface area contributed by atoms with Gasteiger partial charge in [0.2, 0.25) is 0 Å². The van der Waals surface area contributed by atoms with Gasteiger partial charge in [-0.25, -0.2) is 0 Å². The highest BCUT2D eigenvalue weighted by Crippen LogP contribution is 2.32. The van der Waals surface area contributed by atoms with E-state index in [0.29, 0.717) is 0 Å². The molecule has 2 rings (SSSR count). The minimum absolute atomic E-state index is 0.358. The van der Waals surface area contributed by atoms with Gasteiger partial charge in [-0.1, -0.05) is 25.7 Å². The first-order valence-electron chi connectivity index (χ1n) is 5.72. The maximum absolute atomic E-state index is 10.0. The Labute approximate surface area is 80.7 Å². The molecule has 0 atom stereocenters. The molecule has 0 spiro atoms. The van der Waals surface area contributed by atoms with Gasteiger partial charge in [-0.05, 0) is 31.7 Å². The first-order valence-corrected chi connectivity index (χ1v) is 5.72. The summed E-state index contributed by atoms with van der Waals surface area (Å²) in [6.45, 7) is 1.92. The SMILES string of the molecule is OC1(CNCCC2CC2)CCCC1. The second-order valence-electron chi connectivity index (χ2n) is 4.84. The Hall–Kier alpha value is -0.0800. The molecule has 0 aliphatic heterocycles. The van der Waals surface area contributed by atoms with Crippen LogP contribution in [0.15, 0.2) is 0 Å². The van der Waals surface area contributed by atoms with Crippen molar-refractivity contribution in [2.75, 3.05) is 13.1 Å². The van der Waals surface area contributed by atoms with Gasteiger partial charge in [-0.15, -0.1) is 0 Å². The largest absolute Gasteiger partial charge is 0.389 e. The van der Waals surface area contributed by atoms with Crippen LogP contribution in [0.1, 0.15) is 44.9 Å². The molecule has 2 heteroatoms. The fourth-order valence-electron chi connectivity index (χ4n) is 2.24. The third-order valence-corrected chi connectivity index (χ3v) is 3.41. The van der Waals surface area contributed by atoms with Crippen molar-refractivity contribution in [3.63, 3.8) is 0 Å². The molecule has 0 aromatic carbocycles. The van der Waals surface area contributed by atoms with E-state index < -0.39 is 0 Å². The van der Waals surface area contributed by atoms with Crippen LogP contribution >= 0.6 is 0 Å². The van der Waals surface area contributed by atoms with Crippen LogP contribution in [0.2, 0.25) is 0 Å². The molecule has 0 unspecified atom stereocenters. The maximum atomic E-state index is 10.0. The van der Waals surface area contributed by atoms with Crippen molar-refractivity contribution < 1.29 is 5.11 Å². The number of nitrogens with one attached hydrogen (secondary N) is 1. The molecule has 76 valence electrons. The van der Waals surface area contributed by atoms with Crippen LogP contribution in [0, 0.1) is 5.92 Å². The van der Waals surface area contributed by atoms with Crippen molar-refractivity contribution in [3.05, 3.63) is 0 Å². The molecule has 0 amide bonds. The molecular weight excluding hydrogens is 162 g/mol. The molecule has 2 nitrogen and oxygen atoms in total. The number of aliphatic hydroxyl groups is 1. The fourth-order valence-corrected chi connectivity index (χ4v) is 2.24. The monoisotopic (exact) mass is 183 g/mol. The highest BCUT2D eigenvalue weighted by atomic mass is 16.3. The first-order chi connectivity index (χ1) is 6.29. The molecule has 2 aliphatic carbocycles.